The molecule has 0 spiro atoms. The van der Waals surface area contributed by atoms with Gasteiger partial charge in [-0.1, -0.05) is 17.7 Å². The zero-order valence-corrected chi connectivity index (χ0v) is 14.8. The smallest absolute Gasteiger partial charge is 0.169 e. The Labute approximate surface area is 156 Å². The summed E-state index contributed by atoms with van der Waals surface area (Å²) in [4.78, 5) is 18.3. The lowest BCUT2D eigenvalue weighted by atomic mass is 10.1. The Balaban J connectivity index is 1.75. The van der Waals surface area contributed by atoms with Gasteiger partial charge >= 0.3 is 0 Å². The molecular formula is C19H17FN6O. The predicted molar refractivity (Wildman–Crippen MR) is 99.9 cm³/mol. The molecule has 0 aliphatic heterocycles. The van der Waals surface area contributed by atoms with E-state index in [4.69, 9.17) is 6.15 Å². The number of aromatic nitrogens is 5. The number of imidazole rings is 1. The van der Waals surface area contributed by atoms with Crippen LogP contribution in [0.15, 0.2) is 43.0 Å². The maximum Gasteiger partial charge on any atom is 0.169 e. The average Bonchev–Trinajstić information content (AvgIpc) is 3.09. The summed E-state index contributed by atoms with van der Waals surface area (Å²) in [5.74, 6) is 1.04. The molecule has 3 heterocycles. The summed E-state index contributed by atoms with van der Waals surface area (Å²) in [5.41, 5.74) is 2.88. The molecule has 0 amide bonds. The standard InChI is InChI=1S/C19H17FN6O/c1-11-3-4-15(20)12(5-11)8-22-18-16-19(24-10-23-16)26-17(25-18)13-6-14(27-2)9-21-7-13/h3-7,9-10H,8H2,1-2H3,(H2,22,23,24,25,26)/i/hD. The minimum Gasteiger partial charge on any atom is -0.495 e. The molecule has 0 fully saturated rings. The molecule has 7 nitrogen and oxygen atoms in total. The number of rotatable bonds is 5. The third kappa shape index (κ3) is 3.41. The minimum atomic E-state index is -0.299. The molecule has 0 bridgehead atoms. The Morgan fingerprint density at radius 1 is 1.26 bits per heavy atom. The van der Waals surface area contributed by atoms with Crippen LogP contribution in [0.4, 0.5) is 10.2 Å². The first-order valence-electron chi connectivity index (χ1n) is 8.72. The fourth-order valence-corrected chi connectivity index (χ4v) is 2.72. The lowest BCUT2D eigenvalue weighted by Crippen LogP contribution is -2.06. The summed E-state index contributed by atoms with van der Waals surface area (Å²) < 4.78 is 27.2. The molecule has 136 valence electrons. The van der Waals surface area contributed by atoms with Crippen molar-refractivity contribution in [1.29, 1.82) is 0 Å². The number of nitrogens with one attached hydrogen (secondary N) is 2. The predicted octanol–water partition coefficient (Wildman–Crippen LogP) is 3.48. The van der Waals surface area contributed by atoms with Gasteiger partial charge in [-0.2, -0.15) is 0 Å². The van der Waals surface area contributed by atoms with Gasteiger partial charge in [-0.25, -0.2) is 19.3 Å². The molecule has 0 saturated carbocycles. The van der Waals surface area contributed by atoms with Crippen LogP contribution in [0, 0.1) is 12.7 Å². The normalized spacial score (nSPS) is 11.4. The van der Waals surface area contributed by atoms with Gasteiger partial charge in [-0.3, -0.25) is 4.98 Å². The summed E-state index contributed by atoms with van der Waals surface area (Å²) in [5, 5.41) is 3.12. The molecule has 2 N–H and O–H groups in total. The molecule has 4 aromatic rings. The summed E-state index contributed by atoms with van der Waals surface area (Å²) >= 11 is 0. The van der Waals surface area contributed by atoms with Crippen molar-refractivity contribution >= 4 is 17.0 Å². The molecule has 3 aromatic heterocycles. The number of ether oxygens (including phenoxy) is 1. The first-order chi connectivity index (χ1) is 13.5. The summed E-state index contributed by atoms with van der Waals surface area (Å²) in [6.07, 6.45) is 4.53. The molecule has 0 radical (unpaired) electrons. The van der Waals surface area contributed by atoms with Crippen molar-refractivity contribution in [3.63, 3.8) is 0 Å². The fraction of sp³-hybridized carbons (Fsp3) is 0.158. The van der Waals surface area contributed by atoms with E-state index in [1.54, 1.807) is 37.7 Å². The summed E-state index contributed by atoms with van der Waals surface area (Å²) in [6, 6.07) is 6.69. The molecule has 0 saturated heterocycles. The van der Waals surface area contributed by atoms with Crippen LogP contribution in [-0.4, -0.2) is 32.0 Å². The number of hydrogen-bond acceptors (Lipinski definition) is 6. The van der Waals surface area contributed by atoms with Gasteiger partial charge in [0.25, 0.3) is 0 Å². The first kappa shape index (κ1) is 15.7. The lowest BCUT2D eigenvalue weighted by Gasteiger charge is -2.10. The van der Waals surface area contributed by atoms with E-state index < -0.39 is 0 Å². The monoisotopic (exact) mass is 365 g/mol. The molecule has 8 heteroatoms. The Bertz CT molecular complexity index is 1160. The highest BCUT2D eigenvalue weighted by Gasteiger charge is 2.13. The maximum absolute atomic E-state index is 14.1. The van der Waals surface area contributed by atoms with Crippen LogP contribution in [0.5, 0.6) is 5.75 Å². The van der Waals surface area contributed by atoms with Gasteiger partial charge < -0.3 is 15.0 Å². The molecule has 4 rings (SSSR count). The van der Waals surface area contributed by atoms with Gasteiger partial charge in [0.2, 0.25) is 0 Å². The molecule has 0 atom stereocenters. The number of nitrogens with zero attached hydrogens (tertiary/aromatic N) is 4. The third-order valence-electron chi connectivity index (χ3n) is 4.09. The van der Waals surface area contributed by atoms with E-state index in [0.717, 1.165) is 10.5 Å². The van der Waals surface area contributed by atoms with Gasteiger partial charge in [-0.15, -0.1) is 0 Å². The van der Waals surface area contributed by atoms with Crippen LogP contribution in [0.1, 0.15) is 11.1 Å². The zero-order valence-electron chi connectivity index (χ0n) is 15.8. The topological polar surface area (TPSA) is 88.6 Å². The largest absolute Gasteiger partial charge is 0.495 e. The number of benzene rings is 1. The molecule has 0 aliphatic rings. The second kappa shape index (κ2) is 6.99. The maximum atomic E-state index is 14.1. The van der Waals surface area contributed by atoms with Gasteiger partial charge in [0.15, 0.2) is 18.7 Å². The van der Waals surface area contributed by atoms with Crippen LogP contribution >= 0.6 is 0 Å². The SMILES string of the molecule is [2H]n1cnc2c(NCc3cc(C)ccc3F)nc(-c3cncc(OC)c3)nc21. The number of hydrogen-bond donors (Lipinski definition) is 2. The van der Waals surface area contributed by atoms with Crippen molar-refractivity contribution in [3.05, 3.63) is 59.9 Å². The van der Waals surface area contributed by atoms with Crippen LogP contribution in [0.25, 0.3) is 22.6 Å². The van der Waals surface area contributed by atoms with Crippen LogP contribution in [0.3, 0.4) is 0 Å². The van der Waals surface area contributed by atoms with Crippen LogP contribution in [-0.2, 0) is 6.54 Å². The van der Waals surface area contributed by atoms with Crippen molar-refractivity contribution in [2.75, 3.05) is 12.4 Å². The Kier molecular flexibility index (Phi) is 4.06. The van der Waals surface area contributed by atoms with Gasteiger partial charge in [0.1, 0.15) is 17.1 Å². The zero-order chi connectivity index (χ0) is 19.7. The van der Waals surface area contributed by atoms with Crippen molar-refractivity contribution in [2.24, 2.45) is 0 Å². The van der Waals surface area contributed by atoms with Crippen LogP contribution < -0.4 is 10.1 Å². The summed E-state index contributed by atoms with van der Waals surface area (Å²) in [7, 11) is 1.55. The number of aromatic amines is 1. The van der Waals surface area contributed by atoms with E-state index in [1.165, 1.54) is 12.4 Å². The van der Waals surface area contributed by atoms with Gasteiger partial charge in [-0.05, 0) is 19.1 Å². The number of anilines is 1. The lowest BCUT2D eigenvalue weighted by molar-refractivity contribution is 0.413. The van der Waals surface area contributed by atoms with Crippen molar-refractivity contribution in [3.8, 4) is 17.1 Å². The van der Waals surface area contributed by atoms with Crippen molar-refractivity contribution in [1.82, 2.24) is 24.9 Å². The van der Waals surface area contributed by atoms with E-state index >= 15 is 0 Å². The molecule has 1 aromatic carbocycles. The van der Waals surface area contributed by atoms with E-state index in [9.17, 15) is 4.39 Å². The second-order valence-electron chi connectivity index (χ2n) is 6.00. The highest BCUT2D eigenvalue weighted by atomic mass is 19.1. The van der Waals surface area contributed by atoms with Gasteiger partial charge in [0.05, 0.1) is 19.6 Å². The Morgan fingerprint density at radius 3 is 3.00 bits per heavy atom. The number of methoxy groups -OCH3 is 1. The summed E-state index contributed by atoms with van der Waals surface area (Å²) in [6.45, 7) is 2.13. The Morgan fingerprint density at radius 2 is 2.15 bits per heavy atom. The minimum absolute atomic E-state index is 0.223. The van der Waals surface area contributed by atoms with E-state index in [2.05, 4.69) is 25.3 Å². The molecule has 0 unspecified atom stereocenters. The highest BCUT2D eigenvalue weighted by Crippen LogP contribution is 2.25. The van der Waals surface area contributed by atoms with Crippen LogP contribution in [0.2, 0.25) is 1.41 Å². The average molecular weight is 365 g/mol. The van der Waals surface area contributed by atoms with E-state index in [1.807, 2.05) is 6.92 Å². The van der Waals surface area contributed by atoms with E-state index in [0.29, 0.717) is 39.7 Å². The Hall–Kier alpha value is -3.55. The van der Waals surface area contributed by atoms with E-state index in [-0.39, 0.29) is 12.4 Å². The number of H-pyrrole nitrogens is 1. The second-order valence-corrected chi connectivity index (χ2v) is 6.00. The third-order valence-corrected chi connectivity index (χ3v) is 4.09. The molecular weight excluding hydrogens is 347 g/mol. The quantitative estimate of drug-likeness (QED) is 0.563. The fourth-order valence-electron chi connectivity index (χ4n) is 2.72. The number of aryl methyl sites for hydroxylation is 1. The number of halogens is 1. The first-order valence-corrected chi connectivity index (χ1v) is 8.28. The highest BCUT2D eigenvalue weighted by molar-refractivity contribution is 5.84. The number of fused-ring (bicyclic) bond motifs is 1. The molecule has 0 aliphatic carbocycles. The number of pyridine rings is 1. The van der Waals surface area contributed by atoms with Crippen molar-refractivity contribution in [2.45, 2.75) is 13.5 Å². The molecule has 27 heavy (non-hydrogen) atoms. The van der Waals surface area contributed by atoms with Crippen molar-refractivity contribution < 1.29 is 10.5 Å². The van der Waals surface area contributed by atoms with Gasteiger partial charge in [0, 0.05) is 23.9 Å².